The minimum atomic E-state index is -0.0365. The van der Waals surface area contributed by atoms with Gasteiger partial charge in [0.25, 0.3) is 0 Å². The van der Waals surface area contributed by atoms with Gasteiger partial charge in [0.15, 0.2) is 17.3 Å². The number of halogens is 1. The third-order valence-electron chi connectivity index (χ3n) is 7.43. The highest BCUT2D eigenvalue weighted by Gasteiger charge is 2.33. The number of piperazine rings is 1. The minimum Gasteiger partial charge on any atom is -0.493 e. The quantitative estimate of drug-likeness (QED) is 0.439. The first-order chi connectivity index (χ1) is 17.3. The molecule has 2 fully saturated rings. The summed E-state index contributed by atoms with van der Waals surface area (Å²) >= 11 is 0. The van der Waals surface area contributed by atoms with E-state index in [0.717, 1.165) is 68.5 Å². The topological polar surface area (TPSA) is 68.5 Å². The zero-order valence-corrected chi connectivity index (χ0v) is 22.1. The molecule has 194 valence electrons. The van der Waals surface area contributed by atoms with Gasteiger partial charge in [-0.1, -0.05) is 55.7 Å². The van der Waals surface area contributed by atoms with Crippen LogP contribution in [0, 0.1) is 0 Å². The molecule has 0 amide bonds. The molecule has 1 aliphatic carbocycles. The molecule has 1 atom stereocenters. The molecule has 8 nitrogen and oxygen atoms in total. The number of tetrazole rings is 1. The van der Waals surface area contributed by atoms with Gasteiger partial charge in [0.1, 0.15) is 0 Å². The molecule has 0 radical (unpaired) electrons. The van der Waals surface area contributed by atoms with Gasteiger partial charge in [0.05, 0.1) is 26.3 Å². The number of methoxy groups -OCH3 is 2. The van der Waals surface area contributed by atoms with Gasteiger partial charge in [-0.25, -0.2) is 4.68 Å². The number of benzene rings is 2. The van der Waals surface area contributed by atoms with Crippen molar-refractivity contribution in [3.05, 3.63) is 65.5 Å². The van der Waals surface area contributed by atoms with Gasteiger partial charge < -0.3 is 9.47 Å². The van der Waals surface area contributed by atoms with Crippen molar-refractivity contribution >= 4 is 12.4 Å². The van der Waals surface area contributed by atoms with Gasteiger partial charge in [0.2, 0.25) is 0 Å². The normalized spacial score (nSPS) is 18.4. The molecule has 1 saturated carbocycles. The molecule has 1 aromatic heterocycles. The van der Waals surface area contributed by atoms with Crippen LogP contribution < -0.4 is 9.47 Å². The zero-order valence-electron chi connectivity index (χ0n) is 21.3. The Balaban J connectivity index is 0.00000304. The maximum Gasteiger partial charge on any atom is 0.173 e. The van der Waals surface area contributed by atoms with Crippen molar-refractivity contribution in [2.45, 2.75) is 50.7 Å². The SMILES string of the molecule is COc1ccc(C(c2nnnn2C2CCCCC2)N2CCN(Cc3ccccc3)CC2)cc1OC.Cl. The van der Waals surface area contributed by atoms with E-state index in [1.54, 1.807) is 14.2 Å². The van der Waals surface area contributed by atoms with Crippen LogP contribution in [0.4, 0.5) is 0 Å². The molecule has 0 spiro atoms. The third-order valence-corrected chi connectivity index (χ3v) is 7.43. The predicted molar refractivity (Wildman–Crippen MR) is 142 cm³/mol. The number of rotatable bonds is 8. The fraction of sp³-hybridized carbons (Fsp3) is 0.519. The zero-order chi connectivity index (χ0) is 24.0. The Bertz CT molecular complexity index is 1080. The lowest BCUT2D eigenvalue weighted by atomic mass is 9.95. The minimum absolute atomic E-state index is 0. The first-order valence-electron chi connectivity index (χ1n) is 12.8. The molecule has 2 heterocycles. The average Bonchev–Trinajstić information content (AvgIpc) is 3.40. The van der Waals surface area contributed by atoms with E-state index in [1.807, 2.05) is 6.07 Å². The molecule has 1 aliphatic heterocycles. The maximum absolute atomic E-state index is 5.65. The van der Waals surface area contributed by atoms with E-state index in [4.69, 9.17) is 9.47 Å². The molecular formula is C27H37ClN6O2. The number of ether oxygens (including phenoxy) is 2. The van der Waals surface area contributed by atoms with Gasteiger partial charge >= 0.3 is 0 Å². The van der Waals surface area contributed by atoms with E-state index in [0.29, 0.717) is 6.04 Å². The van der Waals surface area contributed by atoms with Crippen molar-refractivity contribution < 1.29 is 9.47 Å². The lowest BCUT2D eigenvalue weighted by Crippen LogP contribution is -2.48. The van der Waals surface area contributed by atoms with Crippen molar-refractivity contribution in [3.8, 4) is 11.5 Å². The summed E-state index contributed by atoms with van der Waals surface area (Å²) in [5.41, 5.74) is 2.49. The van der Waals surface area contributed by atoms with E-state index in [9.17, 15) is 0 Å². The molecule has 0 N–H and O–H groups in total. The van der Waals surface area contributed by atoms with E-state index in [2.05, 4.69) is 72.5 Å². The van der Waals surface area contributed by atoms with Crippen LogP contribution in [-0.4, -0.2) is 70.4 Å². The van der Waals surface area contributed by atoms with Gasteiger partial charge in [0, 0.05) is 32.7 Å². The van der Waals surface area contributed by atoms with E-state index in [-0.39, 0.29) is 18.4 Å². The Morgan fingerprint density at radius 2 is 1.61 bits per heavy atom. The second kappa shape index (κ2) is 12.5. The van der Waals surface area contributed by atoms with Crippen LogP contribution in [0.1, 0.15) is 61.1 Å². The van der Waals surface area contributed by atoms with Crippen LogP contribution in [-0.2, 0) is 6.54 Å². The van der Waals surface area contributed by atoms with Gasteiger partial charge in [-0.15, -0.1) is 17.5 Å². The Hall–Kier alpha value is -2.68. The number of hydrogen-bond donors (Lipinski definition) is 0. The van der Waals surface area contributed by atoms with Crippen molar-refractivity contribution in [1.29, 1.82) is 0 Å². The second-order valence-corrected chi connectivity index (χ2v) is 9.59. The molecular weight excluding hydrogens is 476 g/mol. The summed E-state index contributed by atoms with van der Waals surface area (Å²) in [6.07, 6.45) is 6.06. The summed E-state index contributed by atoms with van der Waals surface area (Å²) in [7, 11) is 3.36. The summed E-state index contributed by atoms with van der Waals surface area (Å²) in [4.78, 5) is 5.05. The van der Waals surface area contributed by atoms with Crippen molar-refractivity contribution in [1.82, 2.24) is 30.0 Å². The second-order valence-electron chi connectivity index (χ2n) is 9.59. The third kappa shape index (κ3) is 5.82. The molecule has 1 saturated heterocycles. The first kappa shape index (κ1) is 26.4. The molecule has 9 heteroatoms. The van der Waals surface area contributed by atoms with Crippen LogP contribution in [0.2, 0.25) is 0 Å². The summed E-state index contributed by atoms with van der Waals surface area (Å²) < 4.78 is 13.3. The molecule has 0 bridgehead atoms. The molecule has 2 aromatic carbocycles. The van der Waals surface area contributed by atoms with Crippen molar-refractivity contribution in [3.63, 3.8) is 0 Å². The van der Waals surface area contributed by atoms with E-state index < -0.39 is 0 Å². The average molecular weight is 513 g/mol. The number of hydrogen-bond acceptors (Lipinski definition) is 7. The van der Waals surface area contributed by atoms with E-state index >= 15 is 0 Å². The van der Waals surface area contributed by atoms with Gasteiger partial charge in [-0.2, -0.15) is 0 Å². The summed E-state index contributed by atoms with van der Waals surface area (Å²) in [6, 6.07) is 17.2. The number of nitrogens with zero attached hydrogens (tertiary/aromatic N) is 6. The Morgan fingerprint density at radius 3 is 2.31 bits per heavy atom. The highest BCUT2D eigenvalue weighted by Crippen LogP contribution is 2.37. The van der Waals surface area contributed by atoms with Crippen molar-refractivity contribution in [2.24, 2.45) is 0 Å². The van der Waals surface area contributed by atoms with Gasteiger partial charge in [-0.05, 0) is 46.5 Å². The molecule has 36 heavy (non-hydrogen) atoms. The van der Waals surface area contributed by atoms with Crippen LogP contribution in [0.3, 0.4) is 0 Å². The largest absolute Gasteiger partial charge is 0.493 e. The Kier molecular flexibility index (Phi) is 9.18. The predicted octanol–water partition coefficient (Wildman–Crippen LogP) is 4.52. The van der Waals surface area contributed by atoms with Gasteiger partial charge in [-0.3, -0.25) is 9.80 Å². The number of aromatic nitrogens is 4. The molecule has 5 rings (SSSR count). The summed E-state index contributed by atoms with van der Waals surface area (Å²) in [5.74, 6) is 2.39. The maximum atomic E-state index is 5.65. The van der Waals surface area contributed by atoms with Crippen molar-refractivity contribution in [2.75, 3.05) is 40.4 Å². The molecule has 2 aliphatic rings. The standard InChI is InChI=1S/C27H36N6O2.ClH/c1-34-24-14-13-22(19-25(24)35-2)26(27-28-29-30-33(27)23-11-7-4-8-12-23)32-17-15-31(16-18-32)20-21-9-5-3-6-10-21;/h3,5-6,9-10,13-14,19,23,26H,4,7-8,11-12,15-18,20H2,1-2H3;1H. The smallest absolute Gasteiger partial charge is 0.173 e. The van der Waals surface area contributed by atoms with E-state index in [1.165, 1.54) is 24.8 Å². The van der Waals surface area contributed by atoms with Crippen LogP contribution in [0.15, 0.2) is 48.5 Å². The monoisotopic (exact) mass is 512 g/mol. The summed E-state index contributed by atoms with van der Waals surface area (Å²) in [6.45, 7) is 4.88. The lowest BCUT2D eigenvalue weighted by Gasteiger charge is -2.39. The van der Waals surface area contributed by atoms with Crippen LogP contribution in [0.25, 0.3) is 0 Å². The fourth-order valence-electron chi connectivity index (χ4n) is 5.53. The summed E-state index contributed by atoms with van der Waals surface area (Å²) in [5, 5.41) is 13.2. The first-order valence-corrected chi connectivity index (χ1v) is 12.8. The van der Waals surface area contributed by atoms with Crippen LogP contribution in [0.5, 0.6) is 11.5 Å². The van der Waals surface area contributed by atoms with Crippen LogP contribution >= 0.6 is 12.4 Å². The lowest BCUT2D eigenvalue weighted by molar-refractivity contribution is 0.0985. The Morgan fingerprint density at radius 1 is 0.889 bits per heavy atom. The fourth-order valence-corrected chi connectivity index (χ4v) is 5.53. The highest BCUT2D eigenvalue weighted by atomic mass is 35.5. The molecule has 1 unspecified atom stereocenters. The molecule has 3 aromatic rings. The highest BCUT2D eigenvalue weighted by molar-refractivity contribution is 5.85. The Labute approximate surface area is 220 Å².